The lowest BCUT2D eigenvalue weighted by atomic mass is 9.97. The van der Waals surface area contributed by atoms with E-state index in [0.29, 0.717) is 37.4 Å². The molecule has 0 aliphatic carbocycles. The van der Waals surface area contributed by atoms with Crippen molar-refractivity contribution in [2.45, 2.75) is 12.8 Å². The number of H-pyrrole nitrogens is 1. The number of nitrogen functional groups attached to an aromatic ring is 1. The number of aromatic hydroxyl groups is 1. The van der Waals surface area contributed by atoms with E-state index >= 15 is 0 Å². The van der Waals surface area contributed by atoms with E-state index in [1.807, 2.05) is 4.90 Å². The van der Waals surface area contributed by atoms with Crippen LogP contribution in [0.2, 0.25) is 0 Å². The Bertz CT molecular complexity index is 944. The highest BCUT2D eigenvalue weighted by atomic mass is 16.4. The minimum atomic E-state index is -0.751. The number of anilines is 2. The fourth-order valence-corrected chi connectivity index (χ4v) is 3.35. The SMILES string of the molecule is Nc1nc(N2CCC(C(=O)O)CC2)c2c(n1)[nH]c1ccc(O)cc12. The lowest BCUT2D eigenvalue weighted by molar-refractivity contribution is -0.142. The average Bonchev–Trinajstić information content (AvgIpc) is 2.91. The molecule has 8 nitrogen and oxygen atoms in total. The molecule has 5 N–H and O–H groups in total. The predicted octanol–water partition coefficient (Wildman–Crippen LogP) is 1.70. The number of piperidine rings is 1. The van der Waals surface area contributed by atoms with Gasteiger partial charge in [-0.25, -0.2) is 0 Å². The largest absolute Gasteiger partial charge is 0.508 e. The lowest BCUT2D eigenvalue weighted by Crippen LogP contribution is -2.37. The number of phenolic OH excluding ortho intramolecular Hbond substituents is 1. The van der Waals surface area contributed by atoms with Gasteiger partial charge >= 0.3 is 5.97 Å². The number of phenols is 1. The number of hydrogen-bond donors (Lipinski definition) is 4. The van der Waals surface area contributed by atoms with Crippen molar-refractivity contribution < 1.29 is 15.0 Å². The van der Waals surface area contributed by atoms with Crippen molar-refractivity contribution in [3.8, 4) is 5.75 Å². The number of nitrogens with one attached hydrogen (secondary N) is 1. The Morgan fingerprint density at radius 2 is 2.04 bits per heavy atom. The van der Waals surface area contributed by atoms with Crippen molar-refractivity contribution in [2.75, 3.05) is 23.7 Å². The number of carboxylic acids is 1. The number of aromatic nitrogens is 3. The second kappa shape index (κ2) is 5.26. The van der Waals surface area contributed by atoms with Crippen LogP contribution in [-0.2, 0) is 4.79 Å². The van der Waals surface area contributed by atoms with Crippen LogP contribution >= 0.6 is 0 Å². The average molecular weight is 327 g/mol. The standard InChI is InChI=1S/C16H17N5O3/c17-16-19-13-12(10-7-9(22)1-2-11(10)18-13)14(20-16)21-5-3-8(4-6-21)15(23)24/h1-2,7-8,22H,3-6H2,(H,23,24)(H3,17,18,19,20). The van der Waals surface area contributed by atoms with Crippen molar-refractivity contribution in [2.24, 2.45) is 5.92 Å². The minimum absolute atomic E-state index is 0.161. The Kier molecular flexibility index (Phi) is 3.19. The van der Waals surface area contributed by atoms with Gasteiger partial charge in [-0.1, -0.05) is 0 Å². The summed E-state index contributed by atoms with van der Waals surface area (Å²) in [6.07, 6.45) is 1.13. The summed E-state index contributed by atoms with van der Waals surface area (Å²) in [4.78, 5) is 25.0. The molecule has 0 spiro atoms. The number of aliphatic carboxylic acids is 1. The van der Waals surface area contributed by atoms with Crippen LogP contribution < -0.4 is 10.6 Å². The number of carboxylic acid groups (broad SMARTS) is 1. The zero-order valence-corrected chi connectivity index (χ0v) is 12.9. The summed E-state index contributed by atoms with van der Waals surface area (Å²) in [5.74, 6) is -0.0652. The molecule has 3 aromatic rings. The molecule has 0 atom stereocenters. The fourth-order valence-electron chi connectivity index (χ4n) is 3.35. The van der Waals surface area contributed by atoms with E-state index in [2.05, 4.69) is 15.0 Å². The smallest absolute Gasteiger partial charge is 0.306 e. The number of nitrogens with two attached hydrogens (primary N) is 1. The van der Waals surface area contributed by atoms with Crippen molar-refractivity contribution in [1.82, 2.24) is 15.0 Å². The lowest BCUT2D eigenvalue weighted by Gasteiger charge is -2.31. The zero-order valence-electron chi connectivity index (χ0n) is 12.9. The van der Waals surface area contributed by atoms with Gasteiger partial charge in [0.2, 0.25) is 5.95 Å². The fraction of sp³-hybridized carbons (Fsp3) is 0.312. The van der Waals surface area contributed by atoms with Gasteiger partial charge in [0, 0.05) is 24.0 Å². The van der Waals surface area contributed by atoms with Gasteiger partial charge < -0.3 is 25.8 Å². The Balaban J connectivity index is 1.84. The van der Waals surface area contributed by atoms with Crippen molar-refractivity contribution in [1.29, 1.82) is 0 Å². The van der Waals surface area contributed by atoms with Crippen molar-refractivity contribution in [3.63, 3.8) is 0 Å². The van der Waals surface area contributed by atoms with Gasteiger partial charge in [0.25, 0.3) is 0 Å². The normalized spacial score (nSPS) is 16.1. The second-order valence-electron chi connectivity index (χ2n) is 6.08. The van der Waals surface area contributed by atoms with E-state index < -0.39 is 5.97 Å². The molecule has 1 aliphatic rings. The minimum Gasteiger partial charge on any atom is -0.508 e. The van der Waals surface area contributed by atoms with Crippen LogP contribution in [0.3, 0.4) is 0 Å². The van der Waals surface area contributed by atoms with Crippen LogP contribution in [0.1, 0.15) is 12.8 Å². The molecular formula is C16H17N5O3. The maximum atomic E-state index is 11.1. The number of benzene rings is 1. The molecule has 1 aliphatic heterocycles. The van der Waals surface area contributed by atoms with Crippen molar-refractivity contribution >= 4 is 39.7 Å². The molecule has 3 heterocycles. The van der Waals surface area contributed by atoms with E-state index in [1.54, 1.807) is 18.2 Å². The third kappa shape index (κ3) is 2.27. The second-order valence-corrected chi connectivity index (χ2v) is 6.08. The quantitative estimate of drug-likeness (QED) is 0.564. The molecule has 0 bridgehead atoms. The highest BCUT2D eigenvalue weighted by Gasteiger charge is 2.27. The Morgan fingerprint density at radius 1 is 1.29 bits per heavy atom. The molecule has 0 amide bonds. The van der Waals surface area contributed by atoms with Crippen LogP contribution in [0.5, 0.6) is 5.75 Å². The van der Waals surface area contributed by atoms with Gasteiger partial charge in [-0.15, -0.1) is 0 Å². The van der Waals surface area contributed by atoms with Crippen LogP contribution in [0.15, 0.2) is 18.2 Å². The van der Waals surface area contributed by atoms with E-state index in [9.17, 15) is 9.90 Å². The highest BCUT2D eigenvalue weighted by molar-refractivity contribution is 6.12. The number of hydrogen-bond acceptors (Lipinski definition) is 6. The van der Waals surface area contributed by atoms with Crippen molar-refractivity contribution in [3.05, 3.63) is 18.2 Å². The molecule has 0 radical (unpaired) electrons. The molecule has 4 rings (SSSR count). The van der Waals surface area contributed by atoms with E-state index in [-0.39, 0.29) is 17.6 Å². The summed E-state index contributed by atoms with van der Waals surface area (Å²) < 4.78 is 0. The number of rotatable bonds is 2. The summed E-state index contributed by atoms with van der Waals surface area (Å²) in [6, 6.07) is 5.05. The number of nitrogens with zero attached hydrogens (tertiary/aromatic N) is 3. The van der Waals surface area contributed by atoms with E-state index in [0.717, 1.165) is 16.3 Å². The molecular weight excluding hydrogens is 310 g/mol. The third-order valence-corrected chi connectivity index (χ3v) is 4.58. The van der Waals surface area contributed by atoms with Crippen LogP contribution in [0.25, 0.3) is 21.9 Å². The molecule has 1 aromatic carbocycles. The van der Waals surface area contributed by atoms with Gasteiger partial charge in [0.05, 0.1) is 11.3 Å². The van der Waals surface area contributed by atoms with Gasteiger partial charge in [-0.3, -0.25) is 4.79 Å². The molecule has 0 saturated carbocycles. The topological polar surface area (TPSA) is 128 Å². The van der Waals surface area contributed by atoms with E-state index in [1.165, 1.54) is 0 Å². The van der Waals surface area contributed by atoms with Crippen LogP contribution in [-0.4, -0.2) is 44.2 Å². The first-order valence-corrected chi connectivity index (χ1v) is 7.78. The van der Waals surface area contributed by atoms with Gasteiger partial charge in [0.15, 0.2) is 0 Å². The first-order valence-electron chi connectivity index (χ1n) is 7.78. The number of carbonyl (C=O) groups is 1. The van der Waals surface area contributed by atoms with Gasteiger partial charge in [-0.2, -0.15) is 9.97 Å². The molecule has 8 heteroatoms. The molecule has 1 saturated heterocycles. The first-order chi connectivity index (χ1) is 11.5. The maximum Gasteiger partial charge on any atom is 0.306 e. The molecule has 2 aromatic heterocycles. The molecule has 24 heavy (non-hydrogen) atoms. The van der Waals surface area contributed by atoms with Crippen LogP contribution in [0.4, 0.5) is 11.8 Å². The summed E-state index contributed by atoms with van der Waals surface area (Å²) >= 11 is 0. The molecule has 124 valence electrons. The van der Waals surface area contributed by atoms with Crippen LogP contribution in [0, 0.1) is 5.92 Å². The highest BCUT2D eigenvalue weighted by Crippen LogP contribution is 2.35. The van der Waals surface area contributed by atoms with Gasteiger partial charge in [0.1, 0.15) is 17.2 Å². The first kappa shape index (κ1) is 14.6. The third-order valence-electron chi connectivity index (χ3n) is 4.58. The zero-order chi connectivity index (χ0) is 16.8. The Hall–Kier alpha value is -3.03. The predicted molar refractivity (Wildman–Crippen MR) is 90.0 cm³/mol. The molecule has 1 fully saturated rings. The summed E-state index contributed by atoms with van der Waals surface area (Å²) in [6.45, 7) is 1.18. The number of fused-ring (bicyclic) bond motifs is 3. The maximum absolute atomic E-state index is 11.1. The summed E-state index contributed by atoms with van der Waals surface area (Å²) in [7, 11) is 0. The number of aromatic amines is 1. The van der Waals surface area contributed by atoms with Gasteiger partial charge in [-0.05, 0) is 31.0 Å². The Morgan fingerprint density at radius 3 is 2.75 bits per heavy atom. The Labute approximate surface area is 136 Å². The van der Waals surface area contributed by atoms with E-state index in [4.69, 9.17) is 10.8 Å². The molecule has 0 unspecified atom stereocenters. The monoisotopic (exact) mass is 327 g/mol. The summed E-state index contributed by atoms with van der Waals surface area (Å²) in [5, 5.41) is 20.6. The summed E-state index contributed by atoms with van der Waals surface area (Å²) in [5.41, 5.74) is 7.29.